The Labute approximate surface area is 110 Å². The highest BCUT2D eigenvalue weighted by atomic mass is 15.2. The molecule has 1 aromatic carbocycles. The molecule has 1 aromatic rings. The molecule has 1 aliphatic heterocycles. The van der Waals surface area contributed by atoms with Gasteiger partial charge >= 0.3 is 0 Å². The fourth-order valence-corrected chi connectivity index (χ4v) is 3.18. The van der Waals surface area contributed by atoms with Crippen molar-refractivity contribution in [2.75, 3.05) is 11.4 Å². The minimum atomic E-state index is 0.0793. The van der Waals surface area contributed by atoms with E-state index in [2.05, 4.69) is 56.9 Å². The molecule has 0 N–H and O–H groups in total. The smallest absolute Gasteiger partial charge is 0.0625 e. The third-order valence-corrected chi connectivity index (χ3v) is 4.25. The zero-order valence-corrected chi connectivity index (χ0v) is 11.8. The summed E-state index contributed by atoms with van der Waals surface area (Å²) in [6.45, 7) is 9.88. The topological polar surface area (TPSA) is 27.0 Å². The minimum Gasteiger partial charge on any atom is -0.366 e. The van der Waals surface area contributed by atoms with E-state index in [1.165, 1.54) is 16.8 Å². The first-order valence-electron chi connectivity index (χ1n) is 6.68. The van der Waals surface area contributed by atoms with Crippen molar-refractivity contribution in [3.8, 4) is 6.07 Å². The zero-order chi connectivity index (χ0) is 13.3. The number of anilines is 1. The summed E-state index contributed by atoms with van der Waals surface area (Å²) in [5.74, 6) is 0.475. The number of aryl methyl sites for hydroxylation is 2. The molecular formula is C16H22N2. The predicted molar refractivity (Wildman–Crippen MR) is 75.7 cm³/mol. The Hall–Kier alpha value is -1.49. The fraction of sp³-hybridized carbons (Fsp3) is 0.562. The summed E-state index contributed by atoms with van der Waals surface area (Å²) < 4.78 is 0. The number of hydrogen-bond acceptors (Lipinski definition) is 2. The molecule has 2 nitrogen and oxygen atoms in total. The van der Waals surface area contributed by atoms with Crippen LogP contribution in [0.4, 0.5) is 5.69 Å². The lowest BCUT2D eigenvalue weighted by molar-refractivity contribution is 0.371. The van der Waals surface area contributed by atoms with E-state index < -0.39 is 0 Å². The summed E-state index contributed by atoms with van der Waals surface area (Å²) in [5, 5.41) is 8.94. The minimum absolute atomic E-state index is 0.0793. The molecule has 1 aliphatic rings. The van der Waals surface area contributed by atoms with E-state index in [0.717, 1.165) is 13.0 Å². The molecule has 0 spiro atoms. The third-order valence-electron chi connectivity index (χ3n) is 4.25. The number of hydrogen-bond donors (Lipinski definition) is 0. The first-order chi connectivity index (χ1) is 8.45. The van der Waals surface area contributed by atoms with Crippen LogP contribution in [0.2, 0.25) is 0 Å². The summed E-state index contributed by atoms with van der Waals surface area (Å²) in [4.78, 5) is 2.47. The van der Waals surface area contributed by atoms with Gasteiger partial charge in [0.1, 0.15) is 0 Å². The van der Waals surface area contributed by atoms with Gasteiger partial charge in [-0.1, -0.05) is 6.07 Å². The lowest BCUT2D eigenvalue weighted by atomic mass is 9.86. The van der Waals surface area contributed by atoms with E-state index in [9.17, 15) is 0 Å². The second-order valence-electron chi connectivity index (χ2n) is 6.00. The number of nitriles is 1. The second kappa shape index (κ2) is 4.65. The summed E-state index contributed by atoms with van der Waals surface area (Å²) in [6.07, 6.45) is 1.78. The van der Waals surface area contributed by atoms with Crippen molar-refractivity contribution >= 4 is 5.69 Å². The highest BCUT2D eigenvalue weighted by Crippen LogP contribution is 2.40. The zero-order valence-electron chi connectivity index (χ0n) is 11.8. The number of nitrogens with zero attached hydrogens (tertiary/aromatic N) is 2. The monoisotopic (exact) mass is 242 g/mol. The van der Waals surface area contributed by atoms with Crippen LogP contribution in [0, 0.1) is 31.1 Å². The van der Waals surface area contributed by atoms with E-state index in [-0.39, 0.29) is 5.54 Å². The maximum atomic E-state index is 8.94. The van der Waals surface area contributed by atoms with Crippen LogP contribution in [0.3, 0.4) is 0 Å². The van der Waals surface area contributed by atoms with Gasteiger partial charge in [0.2, 0.25) is 0 Å². The number of benzene rings is 1. The van der Waals surface area contributed by atoms with Gasteiger partial charge in [0.15, 0.2) is 0 Å². The van der Waals surface area contributed by atoms with Crippen LogP contribution in [-0.4, -0.2) is 12.1 Å². The van der Waals surface area contributed by atoms with Crippen molar-refractivity contribution in [3.05, 3.63) is 29.3 Å². The van der Waals surface area contributed by atoms with Gasteiger partial charge in [-0.05, 0) is 63.3 Å². The van der Waals surface area contributed by atoms with Crippen molar-refractivity contribution in [2.24, 2.45) is 5.92 Å². The average Bonchev–Trinajstić information content (AvgIpc) is 2.54. The Balaban J connectivity index is 2.32. The Morgan fingerprint density at radius 3 is 2.44 bits per heavy atom. The molecule has 0 aliphatic carbocycles. The standard InChI is InChI=1S/C16H22N2/c1-12-9-13(2)11-15(10-12)18-8-6-14(5-7-17)16(18,3)4/h9-11,14H,5-6,8H2,1-4H3. The molecular weight excluding hydrogens is 220 g/mol. The maximum absolute atomic E-state index is 8.94. The van der Waals surface area contributed by atoms with Crippen LogP contribution < -0.4 is 4.90 Å². The molecule has 1 heterocycles. The van der Waals surface area contributed by atoms with Crippen LogP contribution in [0.15, 0.2) is 18.2 Å². The van der Waals surface area contributed by atoms with E-state index in [1.807, 2.05) is 0 Å². The lowest BCUT2D eigenvalue weighted by Gasteiger charge is -2.37. The normalized spacial score (nSPS) is 21.9. The van der Waals surface area contributed by atoms with Gasteiger partial charge in [-0.3, -0.25) is 0 Å². The average molecular weight is 242 g/mol. The van der Waals surface area contributed by atoms with Gasteiger partial charge in [-0.15, -0.1) is 0 Å². The largest absolute Gasteiger partial charge is 0.366 e. The Morgan fingerprint density at radius 1 is 1.28 bits per heavy atom. The first kappa shape index (κ1) is 13.0. The van der Waals surface area contributed by atoms with Crippen LogP contribution in [-0.2, 0) is 0 Å². The van der Waals surface area contributed by atoms with Gasteiger partial charge in [0.25, 0.3) is 0 Å². The molecule has 0 radical (unpaired) electrons. The summed E-state index contributed by atoms with van der Waals surface area (Å²) in [6, 6.07) is 9.05. The van der Waals surface area contributed by atoms with Gasteiger partial charge < -0.3 is 4.90 Å². The lowest BCUT2D eigenvalue weighted by Crippen LogP contribution is -2.42. The maximum Gasteiger partial charge on any atom is 0.0625 e. The molecule has 96 valence electrons. The molecule has 2 heteroatoms. The highest BCUT2D eigenvalue weighted by molar-refractivity contribution is 5.54. The molecule has 18 heavy (non-hydrogen) atoms. The molecule has 0 amide bonds. The van der Waals surface area contributed by atoms with Crippen molar-refractivity contribution in [2.45, 2.75) is 46.1 Å². The van der Waals surface area contributed by atoms with Crippen LogP contribution in [0.25, 0.3) is 0 Å². The van der Waals surface area contributed by atoms with Gasteiger partial charge in [-0.25, -0.2) is 0 Å². The molecule has 0 aromatic heterocycles. The summed E-state index contributed by atoms with van der Waals surface area (Å²) >= 11 is 0. The Morgan fingerprint density at radius 2 is 1.89 bits per heavy atom. The fourth-order valence-electron chi connectivity index (χ4n) is 3.18. The van der Waals surface area contributed by atoms with Crippen molar-refractivity contribution in [1.82, 2.24) is 0 Å². The van der Waals surface area contributed by atoms with Crippen molar-refractivity contribution in [3.63, 3.8) is 0 Å². The first-order valence-corrected chi connectivity index (χ1v) is 6.68. The van der Waals surface area contributed by atoms with E-state index in [0.29, 0.717) is 12.3 Å². The molecule has 1 saturated heterocycles. The van der Waals surface area contributed by atoms with Crippen LogP contribution >= 0.6 is 0 Å². The van der Waals surface area contributed by atoms with E-state index in [4.69, 9.17) is 5.26 Å². The van der Waals surface area contributed by atoms with Crippen molar-refractivity contribution < 1.29 is 0 Å². The molecule has 0 bridgehead atoms. The molecule has 1 fully saturated rings. The van der Waals surface area contributed by atoms with Crippen LogP contribution in [0.1, 0.15) is 37.8 Å². The van der Waals surface area contributed by atoms with Crippen LogP contribution in [0.5, 0.6) is 0 Å². The van der Waals surface area contributed by atoms with Gasteiger partial charge in [-0.2, -0.15) is 5.26 Å². The molecule has 1 atom stereocenters. The van der Waals surface area contributed by atoms with E-state index >= 15 is 0 Å². The van der Waals surface area contributed by atoms with Gasteiger partial charge in [0, 0.05) is 24.2 Å². The van der Waals surface area contributed by atoms with E-state index in [1.54, 1.807) is 0 Å². The summed E-state index contributed by atoms with van der Waals surface area (Å²) in [5.41, 5.74) is 4.00. The molecule has 1 unspecified atom stereocenters. The highest BCUT2D eigenvalue weighted by Gasteiger charge is 2.40. The summed E-state index contributed by atoms with van der Waals surface area (Å²) in [7, 11) is 0. The number of rotatable bonds is 2. The third kappa shape index (κ3) is 2.22. The second-order valence-corrected chi connectivity index (χ2v) is 6.00. The SMILES string of the molecule is Cc1cc(C)cc(N2CCC(CC#N)C2(C)C)c1. The quantitative estimate of drug-likeness (QED) is 0.788. The van der Waals surface area contributed by atoms with Crippen molar-refractivity contribution in [1.29, 1.82) is 5.26 Å². The molecule has 0 saturated carbocycles. The Bertz CT molecular complexity index is 462. The Kier molecular flexibility index (Phi) is 3.34. The molecule has 2 rings (SSSR count). The van der Waals surface area contributed by atoms with Gasteiger partial charge in [0.05, 0.1) is 6.07 Å². The predicted octanol–water partition coefficient (Wildman–Crippen LogP) is 3.82.